The minimum Gasteiger partial charge on any atom is -0.478 e. The van der Waals surface area contributed by atoms with Crippen LogP contribution in [-0.2, 0) is 12.0 Å². The van der Waals surface area contributed by atoms with Crippen LogP contribution in [0.25, 0.3) is 27.4 Å². The number of nitrogens with zero attached hydrogens (tertiary/aromatic N) is 1. The highest BCUT2D eigenvalue weighted by Gasteiger charge is 2.48. The van der Waals surface area contributed by atoms with Gasteiger partial charge in [0.05, 0.1) is 5.56 Å². The molecular weight excluding hydrogens is 527 g/mol. The second-order valence-corrected chi connectivity index (χ2v) is 10.9. The monoisotopic (exact) mass is 554 g/mol. The predicted octanol–water partition coefficient (Wildman–Crippen LogP) is 7.61. The van der Waals surface area contributed by atoms with Crippen LogP contribution in [-0.4, -0.2) is 21.4 Å². The topological polar surface area (TPSA) is 70.8 Å². The molecule has 6 aromatic rings. The summed E-state index contributed by atoms with van der Waals surface area (Å²) in [5.41, 5.74) is 5.79. The Kier molecular flexibility index (Phi) is 6.12. The summed E-state index contributed by atoms with van der Waals surface area (Å²) in [6.07, 6.45) is 1.94. The Morgan fingerprint density at radius 1 is 0.786 bits per heavy atom. The van der Waals surface area contributed by atoms with E-state index in [4.69, 9.17) is 0 Å². The van der Waals surface area contributed by atoms with Gasteiger partial charge < -0.3 is 14.8 Å². The van der Waals surface area contributed by atoms with Crippen molar-refractivity contribution >= 4 is 28.2 Å². The lowest BCUT2D eigenvalue weighted by atomic mass is 9.90. The van der Waals surface area contributed by atoms with Crippen molar-refractivity contribution in [3.63, 3.8) is 0 Å². The van der Waals surface area contributed by atoms with Gasteiger partial charge in [-0.2, -0.15) is 0 Å². The standard InChI is InChI=1S/C36H27FN2O3/c37-30-7-3-6-27(19-30)28-20-31-14-15-33(36(16-17-36)29-13-12-24-4-1-2-5-26(24)18-29)39(31)32(21-28)34(40)38-22-23-8-10-25(11-9-23)35(41)42/h1-15,18-21H,16-17,22H2,(H,38,40)(H,41,42). The van der Waals surface area contributed by atoms with E-state index < -0.39 is 5.97 Å². The highest BCUT2D eigenvalue weighted by molar-refractivity contribution is 5.95. The summed E-state index contributed by atoms with van der Waals surface area (Å²) in [4.78, 5) is 25.1. The number of nitrogens with one attached hydrogen (secondary N) is 1. The Morgan fingerprint density at radius 2 is 1.57 bits per heavy atom. The van der Waals surface area contributed by atoms with E-state index in [-0.39, 0.29) is 29.2 Å². The minimum atomic E-state index is -0.998. The SMILES string of the molecule is O=C(O)c1ccc(CNC(=O)c2cc(-c3cccc(F)c3)cc3ccc(C4(c5ccc6ccccc6c5)CC4)n23)cc1. The molecular formula is C36H27FN2O3. The van der Waals surface area contributed by atoms with Crippen molar-refractivity contribution in [1.29, 1.82) is 0 Å². The van der Waals surface area contributed by atoms with E-state index in [1.165, 1.54) is 40.6 Å². The Balaban J connectivity index is 1.32. The summed E-state index contributed by atoms with van der Waals surface area (Å²) in [5, 5.41) is 14.6. The van der Waals surface area contributed by atoms with E-state index in [0.717, 1.165) is 35.2 Å². The fourth-order valence-electron chi connectivity index (χ4n) is 5.96. The van der Waals surface area contributed by atoms with Gasteiger partial charge >= 0.3 is 5.97 Å². The number of carboxylic acids is 1. The summed E-state index contributed by atoms with van der Waals surface area (Å²) in [6.45, 7) is 0.233. The van der Waals surface area contributed by atoms with Gasteiger partial charge in [-0.1, -0.05) is 66.7 Å². The highest BCUT2D eigenvalue weighted by atomic mass is 19.1. The van der Waals surface area contributed by atoms with E-state index in [9.17, 15) is 19.1 Å². The average Bonchev–Trinajstić information content (AvgIpc) is 3.71. The van der Waals surface area contributed by atoms with Crippen molar-refractivity contribution in [2.45, 2.75) is 24.8 Å². The maximum absolute atomic E-state index is 14.2. The quantitative estimate of drug-likeness (QED) is 0.213. The number of carbonyl (C=O) groups is 2. The smallest absolute Gasteiger partial charge is 0.335 e. The van der Waals surface area contributed by atoms with Crippen molar-refractivity contribution in [2.24, 2.45) is 0 Å². The van der Waals surface area contributed by atoms with Gasteiger partial charge in [0.15, 0.2) is 0 Å². The fourth-order valence-corrected chi connectivity index (χ4v) is 5.96. The first-order valence-electron chi connectivity index (χ1n) is 13.9. The maximum Gasteiger partial charge on any atom is 0.335 e. The zero-order valence-corrected chi connectivity index (χ0v) is 22.7. The zero-order valence-electron chi connectivity index (χ0n) is 22.7. The third-order valence-corrected chi connectivity index (χ3v) is 8.33. The van der Waals surface area contributed by atoms with Gasteiger partial charge in [-0.25, -0.2) is 9.18 Å². The highest BCUT2D eigenvalue weighted by Crippen LogP contribution is 2.54. The number of fused-ring (bicyclic) bond motifs is 2. The molecule has 0 unspecified atom stereocenters. The summed E-state index contributed by atoms with van der Waals surface area (Å²) >= 11 is 0. The van der Waals surface area contributed by atoms with E-state index in [1.54, 1.807) is 18.2 Å². The number of aromatic carboxylic acids is 1. The van der Waals surface area contributed by atoms with Crippen LogP contribution in [0.2, 0.25) is 0 Å². The second-order valence-electron chi connectivity index (χ2n) is 10.9. The van der Waals surface area contributed by atoms with E-state index in [1.807, 2.05) is 40.8 Å². The molecule has 2 N–H and O–H groups in total. The van der Waals surface area contributed by atoms with Crippen molar-refractivity contribution in [3.8, 4) is 11.1 Å². The van der Waals surface area contributed by atoms with Gasteiger partial charge in [0.1, 0.15) is 11.5 Å². The van der Waals surface area contributed by atoms with Crippen LogP contribution in [0.4, 0.5) is 4.39 Å². The molecule has 5 nitrogen and oxygen atoms in total. The number of amides is 1. The number of pyridine rings is 1. The number of benzene rings is 4. The first kappa shape index (κ1) is 25.7. The molecule has 7 rings (SSSR count). The van der Waals surface area contributed by atoms with E-state index in [2.05, 4.69) is 41.7 Å². The summed E-state index contributed by atoms with van der Waals surface area (Å²) in [7, 11) is 0. The van der Waals surface area contributed by atoms with Gasteiger partial charge in [0, 0.05) is 23.2 Å². The Labute approximate surface area is 241 Å². The van der Waals surface area contributed by atoms with Gasteiger partial charge in [-0.3, -0.25) is 4.79 Å². The van der Waals surface area contributed by atoms with Crippen molar-refractivity contribution in [1.82, 2.24) is 9.72 Å². The molecule has 1 aliphatic rings. The molecule has 0 atom stereocenters. The molecule has 2 heterocycles. The molecule has 0 spiro atoms. The summed E-state index contributed by atoms with van der Waals surface area (Å²) in [5.74, 6) is -1.61. The number of rotatable bonds is 7. The van der Waals surface area contributed by atoms with E-state index in [0.29, 0.717) is 11.3 Å². The first-order chi connectivity index (χ1) is 20.4. The van der Waals surface area contributed by atoms with Crippen LogP contribution in [0.15, 0.2) is 115 Å². The normalized spacial score (nSPS) is 13.7. The lowest BCUT2D eigenvalue weighted by molar-refractivity contribution is 0.0696. The lowest BCUT2D eigenvalue weighted by Gasteiger charge is -2.20. The van der Waals surface area contributed by atoms with Crippen LogP contribution in [0.1, 0.15) is 50.5 Å². The van der Waals surface area contributed by atoms with E-state index >= 15 is 0 Å². The molecule has 1 aliphatic carbocycles. The largest absolute Gasteiger partial charge is 0.478 e. The zero-order chi connectivity index (χ0) is 28.8. The van der Waals surface area contributed by atoms with Crippen LogP contribution >= 0.6 is 0 Å². The minimum absolute atomic E-state index is 0.190. The number of hydrogen-bond donors (Lipinski definition) is 2. The van der Waals surface area contributed by atoms with Crippen molar-refractivity contribution in [3.05, 3.63) is 149 Å². The molecule has 0 radical (unpaired) electrons. The maximum atomic E-state index is 14.2. The molecule has 206 valence electrons. The number of aromatic nitrogens is 1. The summed E-state index contributed by atoms with van der Waals surface area (Å²) in [6, 6.07) is 35.7. The number of halogens is 1. The molecule has 6 heteroatoms. The number of carboxylic acid groups (broad SMARTS) is 1. The van der Waals surface area contributed by atoms with Gasteiger partial charge in [-0.05, 0) is 94.4 Å². The molecule has 0 saturated heterocycles. The van der Waals surface area contributed by atoms with Crippen molar-refractivity contribution in [2.75, 3.05) is 0 Å². The molecule has 4 aromatic carbocycles. The number of carbonyl (C=O) groups excluding carboxylic acids is 1. The molecule has 2 aromatic heterocycles. The third kappa shape index (κ3) is 4.51. The Morgan fingerprint density at radius 3 is 2.31 bits per heavy atom. The number of hydrogen-bond acceptors (Lipinski definition) is 2. The Hall–Kier alpha value is -5.23. The third-order valence-electron chi connectivity index (χ3n) is 8.33. The van der Waals surface area contributed by atoms with Gasteiger partial charge in [-0.15, -0.1) is 0 Å². The molecule has 1 fully saturated rings. The average molecular weight is 555 g/mol. The second kappa shape index (κ2) is 10.00. The van der Waals surface area contributed by atoms with Crippen LogP contribution in [0.5, 0.6) is 0 Å². The van der Waals surface area contributed by atoms with Crippen LogP contribution in [0.3, 0.4) is 0 Å². The molecule has 0 bridgehead atoms. The predicted molar refractivity (Wildman–Crippen MR) is 161 cm³/mol. The van der Waals surface area contributed by atoms with Crippen LogP contribution < -0.4 is 5.32 Å². The molecule has 1 amide bonds. The summed E-state index contributed by atoms with van der Waals surface area (Å²) < 4.78 is 16.2. The Bertz CT molecular complexity index is 2000. The van der Waals surface area contributed by atoms with Crippen LogP contribution in [0, 0.1) is 5.82 Å². The lowest BCUT2D eigenvalue weighted by Crippen LogP contribution is -2.26. The van der Waals surface area contributed by atoms with Crippen molar-refractivity contribution < 1.29 is 19.1 Å². The molecule has 1 saturated carbocycles. The van der Waals surface area contributed by atoms with Gasteiger partial charge in [0.2, 0.25) is 0 Å². The first-order valence-corrected chi connectivity index (χ1v) is 13.9. The van der Waals surface area contributed by atoms with Gasteiger partial charge in [0.25, 0.3) is 5.91 Å². The molecule has 0 aliphatic heterocycles. The molecule has 42 heavy (non-hydrogen) atoms. The fraction of sp³-hybridized carbons (Fsp3) is 0.111.